The second-order valence-corrected chi connectivity index (χ2v) is 4.80. The summed E-state index contributed by atoms with van der Waals surface area (Å²) in [7, 11) is 1.56. The van der Waals surface area contributed by atoms with Crippen molar-refractivity contribution in [3.63, 3.8) is 0 Å². The number of hydrogen-bond acceptors (Lipinski definition) is 2. The van der Waals surface area contributed by atoms with Crippen LogP contribution in [0, 0.1) is 5.92 Å². The van der Waals surface area contributed by atoms with Crippen molar-refractivity contribution in [3.8, 4) is 0 Å². The van der Waals surface area contributed by atoms with E-state index in [1.807, 2.05) is 0 Å². The molecule has 20 heavy (non-hydrogen) atoms. The maximum atomic E-state index is 11.9. The first-order chi connectivity index (χ1) is 9.67. The number of hydrogen-bond donors (Lipinski definition) is 3. The summed E-state index contributed by atoms with van der Waals surface area (Å²) in [6.07, 6.45) is 6.88. The lowest BCUT2D eigenvalue weighted by Gasteiger charge is -2.09. The van der Waals surface area contributed by atoms with Gasteiger partial charge < -0.3 is 16.0 Å². The third-order valence-electron chi connectivity index (χ3n) is 3.21. The van der Waals surface area contributed by atoms with E-state index in [0.29, 0.717) is 18.0 Å². The molecule has 0 aliphatic heterocycles. The quantitative estimate of drug-likeness (QED) is 0.738. The van der Waals surface area contributed by atoms with Crippen LogP contribution >= 0.6 is 0 Å². The summed E-state index contributed by atoms with van der Waals surface area (Å²) < 4.78 is 0. The molecule has 3 amide bonds. The van der Waals surface area contributed by atoms with Gasteiger partial charge in [0.15, 0.2) is 0 Å². The van der Waals surface area contributed by atoms with Gasteiger partial charge in [-0.3, -0.25) is 4.79 Å². The minimum atomic E-state index is -0.269. The zero-order chi connectivity index (χ0) is 14.4. The van der Waals surface area contributed by atoms with Crippen molar-refractivity contribution in [2.75, 3.05) is 17.7 Å². The predicted octanol–water partition coefficient (Wildman–Crippen LogP) is 2.73. The molecule has 0 radical (unpaired) electrons. The highest BCUT2D eigenvalue weighted by atomic mass is 16.2. The van der Waals surface area contributed by atoms with E-state index < -0.39 is 0 Å². The maximum absolute atomic E-state index is 11.9. The van der Waals surface area contributed by atoms with Gasteiger partial charge in [-0.05, 0) is 43.0 Å². The largest absolute Gasteiger partial charge is 0.341 e. The Kier molecular flexibility index (Phi) is 4.76. The van der Waals surface area contributed by atoms with Crippen LogP contribution in [0.5, 0.6) is 0 Å². The number of carbonyl (C=O) groups excluding carboxylic acids is 2. The molecular weight excluding hydrogens is 254 g/mol. The first kappa shape index (κ1) is 14.1. The standard InChI is InChI=1S/C15H19N3O2/c1-16-15(20)18-13-8-6-12(7-9-13)17-14(19)10-11-4-2-3-5-11/h2,4,6-9,11H,3,5,10H2,1H3,(H,17,19)(H2,16,18,20)/t11-/m1/s1. The molecule has 0 aromatic heterocycles. The van der Waals surface area contributed by atoms with Crippen molar-refractivity contribution in [2.24, 2.45) is 5.92 Å². The van der Waals surface area contributed by atoms with Crippen LogP contribution in [0.1, 0.15) is 19.3 Å². The number of carbonyl (C=O) groups is 2. The van der Waals surface area contributed by atoms with Crippen molar-refractivity contribution in [1.82, 2.24) is 5.32 Å². The fraction of sp³-hybridized carbons (Fsp3) is 0.333. The van der Waals surface area contributed by atoms with E-state index in [2.05, 4.69) is 28.1 Å². The average Bonchev–Trinajstić information content (AvgIpc) is 2.93. The molecule has 0 saturated carbocycles. The van der Waals surface area contributed by atoms with E-state index in [4.69, 9.17) is 0 Å². The van der Waals surface area contributed by atoms with Crippen molar-refractivity contribution < 1.29 is 9.59 Å². The van der Waals surface area contributed by atoms with Crippen molar-refractivity contribution in [2.45, 2.75) is 19.3 Å². The van der Waals surface area contributed by atoms with Crippen molar-refractivity contribution in [1.29, 1.82) is 0 Å². The zero-order valence-electron chi connectivity index (χ0n) is 11.5. The number of benzene rings is 1. The summed E-state index contributed by atoms with van der Waals surface area (Å²) >= 11 is 0. The van der Waals surface area contributed by atoms with Gasteiger partial charge in [0.05, 0.1) is 0 Å². The Labute approximate surface area is 118 Å². The minimum absolute atomic E-state index is 0.0218. The van der Waals surface area contributed by atoms with Crippen LogP contribution in [-0.4, -0.2) is 19.0 Å². The summed E-state index contributed by atoms with van der Waals surface area (Å²) in [5.41, 5.74) is 1.42. The van der Waals surface area contributed by atoms with Gasteiger partial charge in [-0.25, -0.2) is 4.79 Å². The molecule has 1 aromatic carbocycles. The first-order valence-electron chi connectivity index (χ1n) is 6.72. The van der Waals surface area contributed by atoms with Crippen LogP contribution in [-0.2, 0) is 4.79 Å². The highest BCUT2D eigenvalue weighted by Crippen LogP contribution is 2.21. The molecule has 0 spiro atoms. The van der Waals surface area contributed by atoms with E-state index >= 15 is 0 Å². The van der Waals surface area contributed by atoms with Crippen molar-refractivity contribution in [3.05, 3.63) is 36.4 Å². The smallest absolute Gasteiger partial charge is 0.318 e. The van der Waals surface area contributed by atoms with Gasteiger partial charge >= 0.3 is 6.03 Å². The molecule has 106 valence electrons. The van der Waals surface area contributed by atoms with E-state index in [1.165, 1.54) is 0 Å². The molecule has 0 fully saturated rings. The summed E-state index contributed by atoms with van der Waals surface area (Å²) in [5.74, 6) is 0.387. The molecule has 2 rings (SSSR count). The van der Waals surface area contributed by atoms with Gasteiger partial charge in [-0.2, -0.15) is 0 Å². The number of rotatable bonds is 4. The number of urea groups is 1. The van der Waals surface area contributed by atoms with Crippen LogP contribution < -0.4 is 16.0 Å². The number of nitrogens with one attached hydrogen (secondary N) is 3. The highest BCUT2D eigenvalue weighted by molar-refractivity contribution is 5.92. The van der Waals surface area contributed by atoms with E-state index in [9.17, 15) is 9.59 Å². The summed E-state index contributed by atoms with van der Waals surface area (Å²) in [6, 6.07) is 6.77. The second-order valence-electron chi connectivity index (χ2n) is 4.80. The van der Waals surface area contributed by atoms with E-state index in [0.717, 1.165) is 18.5 Å². The highest BCUT2D eigenvalue weighted by Gasteiger charge is 2.13. The van der Waals surface area contributed by atoms with Gasteiger partial charge in [0.25, 0.3) is 0 Å². The van der Waals surface area contributed by atoms with Crippen LogP contribution in [0.15, 0.2) is 36.4 Å². The molecule has 0 saturated heterocycles. The average molecular weight is 273 g/mol. The third kappa shape index (κ3) is 4.12. The van der Waals surface area contributed by atoms with Crippen LogP contribution in [0.2, 0.25) is 0 Å². The second kappa shape index (κ2) is 6.75. The third-order valence-corrected chi connectivity index (χ3v) is 3.21. The molecule has 1 aromatic rings. The number of anilines is 2. The molecule has 0 heterocycles. The molecule has 1 aliphatic carbocycles. The Morgan fingerprint density at radius 3 is 2.35 bits per heavy atom. The minimum Gasteiger partial charge on any atom is -0.341 e. The molecule has 3 N–H and O–H groups in total. The molecular formula is C15H19N3O2. The van der Waals surface area contributed by atoms with Crippen LogP contribution in [0.3, 0.4) is 0 Å². The molecule has 1 atom stereocenters. The predicted molar refractivity (Wildman–Crippen MR) is 79.6 cm³/mol. The van der Waals surface area contributed by atoms with E-state index in [-0.39, 0.29) is 11.9 Å². The monoisotopic (exact) mass is 273 g/mol. The fourth-order valence-electron chi connectivity index (χ4n) is 2.15. The lowest BCUT2D eigenvalue weighted by atomic mass is 10.1. The summed E-state index contributed by atoms with van der Waals surface area (Å²) in [6.45, 7) is 0. The number of amides is 3. The van der Waals surface area contributed by atoms with Gasteiger partial charge in [-0.15, -0.1) is 0 Å². The number of allylic oxidation sites excluding steroid dienone is 2. The first-order valence-corrected chi connectivity index (χ1v) is 6.72. The summed E-state index contributed by atoms with van der Waals surface area (Å²) in [4.78, 5) is 23.0. The Bertz CT molecular complexity index is 508. The van der Waals surface area contributed by atoms with Crippen molar-refractivity contribution >= 4 is 23.3 Å². The molecule has 5 heteroatoms. The molecule has 1 aliphatic rings. The van der Waals surface area contributed by atoms with Gasteiger partial charge in [0, 0.05) is 24.8 Å². The topological polar surface area (TPSA) is 70.2 Å². The lowest BCUT2D eigenvalue weighted by molar-refractivity contribution is -0.116. The van der Waals surface area contributed by atoms with E-state index in [1.54, 1.807) is 31.3 Å². The van der Waals surface area contributed by atoms with Gasteiger partial charge in [-0.1, -0.05) is 12.2 Å². The Morgan fingerprint density at radius 2 is 1.80 bits per heavy atom. The molecule has 5 nitrogen and oxygen atoms in total. The van der Waals surface area contributed by atoms with Crippen LogP contribution in [0.25, 0.3) is 0 Å². The van der Waals surface area contributed by atoms with Gasteiger partial charge in [0.1, 0.15) is 0 Å². The Morgan fingerprint density at radius 1 is 1.15 bits per heavy atom. The van der Waals surface area contributed by atoms with Gasteiger partial charge in [0.2, 0.25) is 5.91 Å². The fourth-order valence-corrected chi connectivity index (χ4v) is 2.15. The maximum Gasteiger partial charge on any atom is 0.318 e. The molecule has 0 bridgehead atoms. The zero-order valence-corrected chi connectivity index (χ0v) is 11.5. The molecule has 0 unspecified atom stereocenters. The normalized spacial score (nSPS) is 16.8. The Hall–Kier alpha value is -2.30. The summed E-state index contributed by atoms with van der Waals surface area (Å²) in [5, 5.41) is 8.00. The SMILES string of the molecule is CNC(=O)Nc1ccc(NC(=O)C[C@@H]2C=CCC2)cc1. The Balaban J connectivity index is 1.85. The lowest BCUT2D eigenvalue weighted by Crippen LogP contribution is -2.24. The van der Waals surface area contributed by atoms with Crippen LogP contribution in [0.4, 0.5) is 16.2 Å².